The Bertz CT molecular complexity index is 346. The second kappa shape index (κ2) is 7.65. The minimum absolute atomic E-state index is 0. The van der Waals surface area contributed by atoms with Gasteiger partial charge >= 0.3 is 6.18 Å². The highest BCUT2D eigenvalue weighted by Gasteiger charge is 2.34. The van der Waals surface area contributed by atoms with Gasteiger partial charge < -0.3 is 10.2 Å². The fraction of sp³-hybridized carbons (Fsp3) is 0.923. The first kappa shape index (κ1) is 18.5. The van der Waals surface area contributed by atoms with E-state index >= 15 is 0 Å². The van der Waals surface area contributed by atoms with Crippen molar-refractivity contribution < 1.29 is 18.0 Å². The van der Waals surface area contributed by atoms with Crippen molar-refractivity contribution >= 4 is 18.3 Å². The van der Waals surface area contributed by atoms with Crippen molar-refractivity contribution in [2.45, 2.75) is 32.0 Å². The van der Waals surface area contributed by atoms with E-state index in [1.807, 2.05) is 0 Å². The highest BCUT2D eigenvalue weighted by atomic mass is 35.5. The number of carbonyl (C=O) groups is 1. The summed E-state index contributed by atoms with van der Waals surface area (Å²) in [5, 5.41) is 3.21. The summed E-state index contributed by atoms with van der Waals surface area (Å²) in [7, 11) is 0. The largest absolute Gasteiger partial charge is 0.401 e. The van der Waals surface area contributed by atoms with Crippen LogP contribution in [0.1, 0.15) is 19.8 Å². The van der Waals surface area contributed by atoms with E-state index in [1.165, 1.54) is 4.90 Å². The monoisotopic (exact) mass is 329 g/mol. The summed E-state index contributed by atoms with van der Waals surface area (Å²) >= 11 is 0. The summed E-state index contributed by atoms with van der Waals surface area (Å²) in [4.78, 5) is 15.4. The first-order chi connectivity index (χ1) is 9.35. The predicted molar refractivity (Wildman–Crippen MR) is 76.5 cm³/mol. The van der Waals surface area contributed by atoms with Crippen molar-refractivity contribution in [2.75, 3.05) is 39.3 Å². The molecule has 0 saturated carbocycles. The molecule has 0 radical (unpaired) electrons. The molecule has 21 heavy (non-hydrogen) atoms. The highest BCUT2D eigenvalue weighted by Crippen LogP contribution is 2.19. The van der Waals surface area contributed by atoms with Crippen LogP contribution in [0.5, 0.6) is 0 Å². The molecule has 0 aliphatic carbocycles. The Labute approximate surface area is 129 Å². The molecule has 1 N–H and O–H groups in total. The number of alkyl halides is 3. The number of hydrogen-bond donors (Lipinski definition) is 1. The molecular weight excluding hydrogens is 307 g/mol. The van der Waals surface area contributed by atoms with E-state index in [0.717, 1.165) is 19.4 Å². The number of rotatable bonds is 2. The van der Waals surface area contributed by atoms with Crippen LogP contribution in [0.3, 0.4) is 0 Å². The van der Waals surface area contributed by atoms with Crippen LogP contribution < -0.4 is 5.32 Å². The minimum atomic E-state index is -4.16. The first-order valence-electron chi connectivity index (χ1n) is 7.16. The molecule has 0 bridgehead atoms. The van der Waals surface area contributed by atoms with Crippen LogP contribution in [0, 0.1) is 5.92 Å². The van der Waals surface area contributed by atoms with Crippen LogP contribution in [-0.4, -0.2) is 67.2 Å². The molecule has 2 aliphatic heterocycles. The van der Waals surface area contributed by atoms with E-state index < -0.39 is 12.7 Å². The van der Waals surface area contributed by atoms with Gasteiger partial charge in [0.15, 0.2) is 0 Å². The summed E-state index contributed by atoms with van der Waals surface area (Å²) < 4.78 is 36.9. The highest BCUT2D eigenvalue weighted by molar-refractivity contribution is 5.85. The van der Waals surface area contributed by atoms with E-state index in [1.54, 1.807) is 4.90 Å². The number of carbonyl (C=O) groups excluding carboxylic acids is 1. The third-order valence-corrected chi connectivity index (χ3v) is 4.05. The Hall–Kier alpha value is -0.530. The predicted octanol–water partition coefficient (Wildman–Crippen LogP) is 1.50. The molecular formula is C13H23ClF3N3O. The number of nitrogens with one attached hydrogen (secondary N) is 1. The molecule has 2 fully saturated rings. The first-order valence-corrected chi connectivity index (χ1v) is 7.16. The molecule has 2 rings (SSSR count). The van der Waals surface area contributed by atoms with Crippen LogP contribution in [0.15, 0.2) is 0 Å². The molecule has 0 aromatic carbocycles. The average Bonchev–Trinajstić information content (AvgIpc) is 2.37. The Kier molecular flexibility index (Phi) is 6.74. The zero-order valence-corrected chi connectivity index (χ0v) is 13.0. The molecule has 2 aliphatic rings. The summed E-state index contributed by atoms with van der Waals surface area (Å²) in [6, 6.07) is -0.159. The van der Waals surface area contributed by atoms with Crippen LogP contribution in [-0.2, 0) is 4.79 Å². The Morgan fingerprint density at radius 3 is 2.38 bits per heavy atom. The Balaban J connectivity index is 0.00000220. The maximum Gasteiger partial charge on any atom is 0.401 e. The second-order valence-corrected chi connectivity index (χ2v) is 5.85. The van der Waals surface area contributed by atoms with Crippen molar-refractivity contribution in [1.82, 2.24) is 15.1 Å². The van der Waals surface area contributed by atoms with Gasteiger partial charge in [0.1, 0.15) is 0 Å². The van der Waals surface area contributed by atoms with Crippen molar-refractivity contribution in [3.05, 3.63) is 0 Å². The second-order valence-electron chi connectivity index (χ2n) is 5.85. The molecule has 2 heterocycles. The SMILES string of the molecule is CC1CCNC(C(=O)N2CCN(CC(F)(F)F)CC2)C1.Cl. The van der Waals surface area contributed by atoms with Crippen molar-refractivity contribution in [3.63, 3.8) is 0 Å². The quantitative estimate of drug-likeness (QED) is 0.834. The van der Waals surface area contributed by atoms with Crippen LogP contribution >= 0.6 is 12.4 Å². The normalized spacial score (nSPS) is 28.1. The zero-order chi connectivity index (χ0) is 14.8. The van der Waals surface area contributed by atoms with Crippen LogP contribution in [0.4, 0.5) is 13.2 Å². The molecule has 2 saturated heterocycles. The Morgan fingerprint density at radius 2 is 1.86 bits per heavy atom. The van der Waals surface area contributed by atoms with Crippen molar-refractivity contribution in [2.24, 2.45) is 5.92 Å². The van der Waals surface area contributed by atoms with E-state index in [9.17, 15) is 18.0 Å². The number of piperidine rings is 1. The number of hydrogen-bond acceptors (Lipinski definition) is 3. The molecule has 2 unspecified atom stereocenters. The number of nitrogens with zero attached hydrogens (tertiary/aromatic N) is 2. The fourth-order valence-electron chi connectivity index (χ4n) is 2.90. The van der Waals surface area contributed by atoms with E-state index in [4.69, 9.17) is 0 Å². The van der Waals surface area contributed by atoms with Gasteiger partial charge in [0.25, 0.3) is 0 Å². The smallest absolute Gasteiger partial charge is 0.339 e. The third kappa shape index (κ3) is 5.64. The van der Waals surface area contributed by atoms with Gasteiger partial charge in [-0.1, -0.05) is 6.92 Å². The van der Waals surface area contributed by atoms with Crippen LogP contribution in [0.25, 0.3) is 0 Å². The van der Waals surface area contributed by atoms with E-state index in [0.29, 0.717) is 32.1 Å². The summed E-state index contributed by atoms with van der Waals surface area (Å²) in [6.07, 6.45) is -2.27. The molecule has 0 aromatic heterocycles. The molecule has 4 nitrogen and oxygen atoms in total. The van der Waals surface area contributed by atoms with Gasteiger partial charge in [-0.3, -0.25) is 9.69 Å². The van der Waals surface area contributed by atoms with Gasteiger partial charge in [-0.15, -0.1) is 12.4 Å². The molecule has 2 atom stereocenters. The molecule has 1 amide bonds. The molecule has 0 spiro atoms. The number of amides is 1. The molecule has 124 valence electrons. The number of piperazine rings is 1. The van der Waals surface area contributed by atoms with Gasteiger partial charge in [-0.25, -0.2) is 0 Å². The van der Waals surface area contributed by atoms with Crippen molar-refractivity contribution in [1.29, 1.82) is 0 Å². The lowest BCUT2D eigenvalue weighted by Gasteiger charge is -2.38. The zero-order valence-electron chi connectivity index (χ0n) is 12.2. The lowest BCUT2D eigenvalue weighted by Crippen LogP contribution is -2.56. The summed E-state index contributed by atoms with van der Waals surface area (Å²) in [5.74, 6) is 0.569. The van der Waals surface area contributed by atoms with Gasteiger partial charge in [0, 0.05) is 26.2 Å². The lowest BCUT2D eigenvalue weighted by atomic mass is 9.93. The summed E-state index contributed by atoms with van der Waals surface area (Å²) in [5.41, 5.74) is 0. The number of halogens is 4. The fourth-order valence-corrected chi connectivity index (χ4v) is 2.90. The topological polar surface area (TPSA) is 35.6 Å². The van der Waals surface area contributed by atoms with Gasteiger partial charge in [-0.2, -0.15) is 13.2 Å². The molecule has 0 aromatic rings. The minimum Gasteiger partial charge on any atom is -0.339 e. The average molecular weight is 330 g/mol. The molecule has 8 heteroatoms. The van der Waals surface area contributed by atoms with E-state index in [-0.39, 0.29) is 24.4 Å². The maximum atomic E-state index is 12.3. The summed E-state index contributed by atoms with van der Waals surface area (Å²) in [6.45, 7) is 3.46. The lowest BCUT2D eigenvalue weighted by molar-refractivity contribution is -0.152. The van der Waals surface area contributed by atoms with Gasteiger partial charge in [-0.05, 0) is 25.3 Å². The van der Waals surface area contributed by atoms with Crippen molar-refractivity contribution in [3.8, 4) is 0 Å². The van der Waals surface area contributed by atoms with Gasteiger partial charge in [0.2, 0.25) is 5.91 Å². The Morgan fingerprint density at radius 1 is 1.24 bits per heavy atom. The maximum absolute atomic E-state index is 12.3. The third-order valence-electron chi connectivity index (χ3n) is 4.05. The van der Waals surface area contributed by atoms with Gasteiger partial charge in [0.05, 0.1) is 12.6 Å². The van der Waals surface area contributed by atoms with Crippen LogP contribution in [0.2, 0.25) is 0 Å². The van der Waals surface area contributed by atoms with E-state index in [2.05, 4.69) is 12.2 Å². The standard InChI is InChI=1S/C13H22F3N3O.ClH/c1-10-2-3-17-11(8-10)12(20)19-6-4-18(5-7-19)9-13(14,15)16;/h10-11,17H,2-9H2,1H3;1H.